The van der Waals surface area contributed by atoms with Crippen LogP contribution in [-0.2, 0) is 4.74 Å². The Labute approximate surface area is 125 Å². The second-order valence-corrected chi connectivity index (χ2v) is 6.61. The summed E-state index contributed by atoms with van der Waals surface area (Å²) in [6.07, 6.45) is -0.223. The monoisotopic (exact) mass is 318 g/mol. The molecular formula is C12H15ClN2O4S. The molecular weight excluding hydrogens is 304 g/mol. The highest BCUT2D eigenvalue weighted by Gasteiger charge is 2.36. The van der Waals surface area contributed by atoms with Crippen molar-refractivity contribution in [3.05, 3.63) is 27.1 Å². The molecule has 1 fully saturated rings. The van der Waals surface area contributed by atoms with Gasteiger partial charge in [-0.2, -0.15) is 0 Å². The lowest BCUT2D eigenvalue weighted by Gasteiger charge is -2.42. The molecule has 0 spiro atoms. The van der Waals surface area contributed by atoms with Gasteiger partial charge in [0.05, 0.1) is 27.4 Å². The largest absolute Gasteiger partial charge is 0.367 e. The normalized spacial score (nSPS) is 21.8. The molecule has 0 N–H and O–H groups in total. The Balaban J connectivity index is 2.16. The van der Waals surface area contributed by atoms with Crippen LogP contribution in [0.15, 0.2) is 12.1 Å². The molecule has 1 aromatic heterocycles. The minimum atomic E-state index is -0.494. The Morgan fingerprint density at radius 2 is 2.35 bits per heavy atom. The van der Waals surface area contributed by atoms with E-state index in [-0.39, 0.29) is 17.0 Å². The zero-order chi connectivity index (χ0) is 14.9. The first-order valence-electron chi connectivity index (χ1n) is 6.10. The molecule has 0 aromatic carbocycles. The summed E-state index contributed by atoms with van der Waals surface area (Å²) < 4.78 is 5.75. The topological polar surface area (TPSA) is 72.7 Å². The molecule has 6 nitrogen and oxygen atoms in total. The second kappa shape index (κ2) is 5.67. The molecule has 0 bridgehead atoms. The SMILES string of the molecule is CC1(C)CN(C(=O)c2ccc([N+](=O)[O-])s2)CC(CCl)O1. The Bertz CT molecular complexity index is 531. The molecule has 1 aromatic rings. The number of nitro groups is 1. The maximum Gasteiger partial charge on any atom is 0.324 e. The van der Waals surface area contributed by atoms with Crippen LogP contribution in [0.1, 0.15) is 23.5 Å². The maximum absolute atomic E-state index is 12.4. The quantitative estimate of drug-likeness (QED) is 0.487. The molecule has 20 heavy (non-hydrogen) atoms. The minimum absolute atomic E-state index is 0.0326. The summed E-state index contributed by atoms with van der Waals surface area (Å²) in [6.45, 7) is 4.62. The predicted octanol–water partition coefficient (Wildman–Crippen LogP) is 2.51. The van der Waals surface area contributed by atoms with E-state index in [0.717, 1.165) is 11.3 Å². The van der Waals surface area contributed by atoms with E-state index in [9.17, 15) is 14.9 Å². The lowest BCUT2D eigenvalue weighted by atomic mass is 10.1. The van der Waals surface area contributed by atoms with Gasteiger partial charge in [-0.3, -0.25) is 14.9 Å². The standard InChI is InChI=1S/C12H15ClN2O4S/c1-12(2)7-14(6-8(5-13)19-12)11(16)9-3-4-10(20-9)15(17)18/h3-4,8H,5-7H2,1-2H3. The summed E-state index contributed by atoms with van der Waals surface area (Å²) in [6, 6.07) is 2.84. The van der Waals surface area contributed by atoms with Crippen LogP contribution in [0.25, 0.3) is 0 Å². The van der Waals surface area contributed by atoms with Gasteiger partial charge in [0.25, 0.3) is 5.91 Å². The average Bonchev–Trinajstić information content (AvgIpc) is 2.85. The smallest absolute Gasteiger partial charge is 0.324 e. The van der Waals surface area contributed by atoms with Gasteiger partial charge in [-0.25, -0.2) is 0 Å². The summed E-state index contributed by atoms with van der Waals surface area (Å²) in [5.74, 6) is 0.0900. The Kier molecular flexibility index (Phi) is 4.31. The fourth-order valence-electron chi connectivity index (χ4n) is 2.23. The van der Waals surface area contributed by atoms with Crippen LogP contribution < -0.4 is 0 Å². The number of nitrogens with zero attached hydrogens (tertiary/aromatic N) is 2. The van der Waals surface area contributed by atoms with Crippen molar-refractivity contribution in [1.29, 1.82) is 0 Å². The van der Waals surface area contributed by atoms with Crippen LogP contribution >= 0.6 is 22.9 Å². The van der Waals surface area contributed by atoms with Gasteiger partial charge < -0.3 is 9.64 Å². The molecule has 1 amide bonds. The molecule has 1 aliphatic heterocycles. The Morgan fingerprint density at radius 3 is 2.90 bits per heavy atom. The summed E-state index contributed by atoms with van der Waals surface area (Å²) >= 11 is 6.71. The van der Waals surface area contributed by atoms with Crippen molar-refractivity contribution < 1.29 is 14.5 Å². The highest BCUT2D eigenvalue weighted by molar-refractivity contribution is 7.17. The maximum atomic E-state index is 12.4. The third kappa shape index (κ3) is 3.28. The molecule has 1 atom stereocenters. The van der Waals surface area contributed by atoms with Crippen LogP contribution in [-0.4, -0.2) is 46.4 Å². The van der Waals surface area contributed by atoms with Gasteiger partial charge in [-0.05, 0) is 19.9 Å². The lowest BCUT2D eigenvalue weighted by Crippen LogP contribution is -2.55. The number of ether oxygens (including phenoxy) is 1. The number of amides is 1. The van der Waals surface area contributed by atoms with E-state index in [2.05, 4.69) is 0 Å². The number of thiophene rings is 1. The molecule has 1 unspecified atom stereocenters. The van der Waals surface area contributed by atoms with Crippen LogP contribution in [0, 0.1) is 10.1 Å². The van der Waals surface area contributed by atoms with Gasteiger partial charge in [-0.15, -0.1) is 11.6 Å². The number of carbonyl (C=O) groups is 1. The molecule has 1 aliphatic rings. The van der Waals surface area contributed by atoms with E-state index in [1.54, 1.807) is 4.90 Å². The van der Waals surface area contributed by atoms with E-state index < -0.39 is 10.5 Å². The van der Waals surface area contributed by atoms with Gasteiger partial charge in [0.2, 0.25) is 0 Å². The zero-order valence-electron chi connectivity index (χ0n) is 11.2. The van der Waals surface area contributed by atoms with Gasteiger partial charge in [-0.1, -0.05) is 11.3 Å². The van der Waals surface area contributed by atoms with E-state index in [1.165, 1.54) is 12.1 Å². The third-order valence-electron chi connectivity index (χ3n) is 2.92. The van der Waals surface area contributed by atoms with Gasteiger partial charge >= 0.3 is 5.00 Å². The van der Waals surface area contributed by atoms with Crippen LogP contribution in [0.2, 0.25) is 0 Å². The van der Waals surface area contributed by atoms with Crippen molar-refractivity contribution in [2.75, 3.05) is 19.0 Å². The third-order valence-corrected chi connectivity index (χ3v) is 4.29. The van der Waals surface area contributed by atoms with Crippen molar-refractivity contribution in [1.82, 2.24) is 4.90 Å². The molecule has 8 heteroatoms. The first kappa shape index (κ1) is 15.2. The first-order valence-corrected chi connectivity index (χ1v) is 7.45. The average molecular weight is 319 g/mol. The fraction of sp³-hybridized carbons (Fsp3) is 0.583. The van der Waals surface area contributed by atoms with E-state index in [0.29, 0.717) is 23.8 Å². The van der Waals surface area contributed by atoms with E-state index in [1.807, 2.05) is 13.8 Å². The molecule has 1 saturated heterocycles. The number of hydrogen-bond acceptors (Lipinski definition) is 5. The van der Waals surface area contributed by atoms with Crippen LogP contribution in [0.3, 0.4) is 0 Å². The Morgan fingerprint density at radius 1 is 1.65 bits per heavy atom. The highest BCUT2D eigenvalue weighted by Crippen LogP contribution is 2.28. The lowest BCUT2D eigenvalue weighted by molar-refractivity contribution is -0.380. The van der Waals surface area contributed by atoms with Crippen molar-refractivity contribution in [3.8, 4) is 0 Å². The van der Waals surface area contributed by atoms with E-state index >= 15 is 0 Å². The summed E-state index contributed by atoms with van der Waals surface area (Å²) in [4.78, 5) is 24.6. The first-order chi connectivity index (χ1) is 9.32. The zero-order valence-corrected chi connectivity index (χ0v) is 12.7. The summed E-state index contributed by atoms with van der Waals surface area (Å²) in [5, 5.41) is 10.6. The number of hydrogen-bond donors (Lipinski definition) is 0. The minimum Gasteiger partial charge on any atom is -0.367 e. The van der Waals surface area contributed by atoms with Gasteiger partial charge in [0, 0.05) is 19.2 Å². The van der Waals surface area contributed by atoms with Gasteiger partial charge in [0.15, 0.2) is 0 Å². The van der Waals surface area contributed by atoms with Crippen LogP contribution in [0.5, 0.6) is 0 Å². The molecule has 2 rings (SSSR count). The van der Waals surface area contributed by atoms with Gasteiger partial charge in [0.1, 0.15) is 0 Å². The summed E-state index contributed by atoms with van der Waals surface area (Å²) in [7, 11) is 0. The highest BCUT2D eigenvalue weighted by atomic mass is 35.5. The number of morpholine rings is 1. The van der Waals surface area contributed by atoms with E-state index in [4.69, 9.17) is 16.3 Å². The number of halogens is 1. The number of alkyl halides is 1. The molecule has 110 valence electrons. The molecule has 2 heterocycles. The fourth-order valence-corrected chi connectivity index (χ4v) is 3.18. The molecule has 0 radical (unpaired) electrons. The van der Waals surface area contributed by atoms with Crippen LogP contribution in [0.4, 0.5) is 5.00 Å². The van der Waals surface area contributed by atoms with Crippen molar-refractivity contribution in [2.24, 2.45) is 0 Å². The summed E-state index contributed by atoms with van der Waals surface area (Å²) in [5.41, 5.74) is -0.476. The Hall–Kier alpha value is -1.18. The van der Waals surface area contributed by atoms with Crippen molar-refractivity contribution >= 4 is 33.8 Å². The van der Waals surface area contributed by atoms with Crippen molar-refractivity contribution in [2.45, 2.75) is 25.6 Å². The molecule has 0 saturated carbocycles. The van der Waals surface area contributed by atoms with Crippen molar-refractivity contribution in [3.63, 3.8) is 0 Å². The second-order valence-electron chi connectivity index (χ2n) is 5.23. The number of carbonyl (C=O) groups excluding carboxylic acids is 1. The molecule has 0 aliphatic carbocycles. The predicted molar refractivity (Wildman–Crippen MR) is 76.5 cm³/mol. The number of rotatable bonds is 3.